The van der Waals surface area contributed by atoms with E-state index in [0.717, 1.165) is 44.1 Å². The summed E-state index contributed by atoms with van der Waals surface area (Å²) < 4.78 is 4.96. The van der Waals surface area contributed by atoms with E-state index in [4.69, 9.17) is 4.74 Å². The summed E-state index contributed by atoms with van der Waals surface area (Å²) >= 11 is 0. The fourth-order valence-corrected chi connectivity index (χ4v) is 2.24. The largest absolute Gasteiger partial charge is 0.466 e. The van der Waals surface area contributed by atoms with Crippen LogP contribution in [0, 0.1) is 5.92 Å². The monoisotopic (exact) mass is 252 g/mol. The van der Waals surface area contributed by atoms with Crippen molar-refractivity contribution >= 4 is 11.8 Å². The lowest BCUT2D eigenvalue weighted by molar-refractivity contribution is -0.147. The van der Waals surface area contributed by atoms with Gasteiger partial charge in [-0.2, -0.15) is 0 Å². The summed E-state index contributed by atoms with van der Waals surface area (Å²) in [6.45, 7) is 4.21. The molecule has 0 spiro atoms. The molecule has 3 heteroatoms. The van der Waals surface area contributed by atoms with Crippen molar-refractivity contribution in [2.75, 3.05) is 6.61 Å². The molecule has 0 saturated heterocycles. The maximum absolute atomic E-state index is 11.4. The van der Waals surface area contributed by atoms with Gasteiger partial charge in [0.2, 0.25) is 0 Å². The molecule has 1 atom stereocenters. The quantitative estimate of drug-likeness (QED) is 0.491. The topological polar surface area (TPSA) is 43.4 Å². The van der Waals surface area contributed by atoms with Crippen molar-refractivity contribution in [2.24, 2.45) is 5.92 Å². The summed E-state index contributed by atoms with van der Waals surface area (Å²) in [6, 6.07) is 0. The molecule has 102 valence electrons. The Hall–Kier alpha value is -1.12. The van der Waals surface area contributed by atoms with Crippen molar-refractivity contribution < 1.29 is 14.3 Å². The van der Waals surface area contributed by atoms with Crippen LogP contribution in [-0.2, 0) is 14.3 Å². The minimum absolute atomic E-state index is 0.00252. The van der Waals surface area contributed by atoms with Gasteiger partial charge in [-0.05, 0) is 38.2 Å². The number of esters is 1. The number of hydrogen-bond acceptors (Lipinski definition) is 3. The van der Waals surface area contributed by atoms with Crippen molar-refractivity contribution in [1.29, 1.82) is 0 Å². The number of carbonyl (C=O) groups is 2. The van der Waals surface area contributed by atoms with Gasteiger partial charge in [-0.15, -0.1) is 0 Å². The van der Waals surface area contributed by atoms with Gasteiger partial charge in [0.15, 0.2) is 5.78 Å². The molecule has 1 aliphatic carbocycles. The number of carbonyl (C=O) groups excluding carboxylic acids is 2. The van der Waals surface area contributed by atoms with E-state index in [9.17, 15) is 9.59 Å². The summed E-state index contributed by atoms with van der Waals surface area (Å²) in [5.41, 5.74) is 1.02. The predicted octanol–water partition coefficient (Wildman–Crippen LogP) is 3.43. The van der Waals surface area contributed by atoms with Gasteiger partial charge in [0, 0.05) is 6.42 Å². The van der Waals surface area contributed by atoms with E-state index in [-0.39, 0.29) is 11.9 Å². The Morgan fingerprint density at radius 3 is 2.78 bits per heavy atom. The zero-order chi connectivity index (χ0) is 13.4. The smallest absolute Gasteiger partial charge is 0.308 e. The van der Waals surface area contributed by atoms with E-state index in [2.05, 4.69) is 6.08 Å². The maximum atomic E-state index is 11.4. The summed E-state index contributed by atoms with van der Waals surface area (Å²) in [6.07, 6.45) is 8.65. The molecule has 18 heavy (non-hydrogen) atoms. The van der Waals surface area contributed by atoms with Crippen LogP contribution in [0.25, 0.3) is 0 Å². The van der Waals surface area contributed by atoms with Gasteiger partial charge in [-0.3, -0.25) is 9.59 Å². The van der Waals surface area contributed by atoms with Crippen LogP contribution in [0.4, 0.5) is 0 Å². The minimum Gasteiger partial charge on any atom is -0.466 e. The molecule has 0 aromatic heterocycles. The molecular weight excluding hydrogens is 228 g/mol. The number of hydrogen-bond donors (Lipinski definition) is 0. The summed E-state index contributed by atoms with van der Waals surface area (Å²) in [5.74, 6) is 0.235. The molecule has 0 aromatic rings. The zero-order valence-corrected chi connectivity index (χ0v) is 11.5. The molecule has 0 radical (unpaired) electrons. The molecule has 3 nitrogen and oxygen atoms in total. The molecule has 0 aliphatic heterocycles. The second-order valence-corrected chi connectivity index (χ2v) is 4.94. The first-order chi connectivity index (χ1) is 8.65. The van der Waals surface area contributed by atoms with Gasteiger partial charge in [-0.1, -0.05) is 25.8 Å². The molecule has 0 heterocycles. The van der Waals surface area contributed by atoms with Gasteiger partial charge < -0.3 is 4.74 Å². The van der Waals surface area contributed by atoms with E-state index in [0.29, 0.717) is 18.8 Å². The Morgan fingerprint density at radius 2 is 2.17 bits per heavy atom. The summed E-state index contributed by atoms with van der Waals surface area (Å²) in [5, 5.41) is 0. The Morgan fingerprint density at radius 1 is 1.39 bits per heavy atom. The lowest BCUT2D eigenvalue weighted by atomic mass is 10.0. The molecule has 0 amide bonds. The molecule has 0 fully saturated rings. The molecule has 0 bridgehead atoms. The SMILES string of the molecule is CCOC(=O)[C@H](C)CCCCCC1=CCCC1=O. The molecule has 1 aliphatic rings. The molecule has 1 rings (SSSR count). The van der Waals surface area contributed by atoms with Crippen LogP contribution in [-0.4, -0.2) is 18.4 Å². The first-order valence-electron chi connectivity index (χ1n) is 7.04. The Kier molecular flexibility index (Phi) is 6.69. The molecule has 0 unspecified atom stereocenters. The van der Waals surface area contributed by atoms with Crippen LogP contribution in [0.2, 0.25) is 0 Å². The molecule has 0 saturated carbocycles. The highest BCUT2D eigenvalue weighted by molar-refractivity contribution is 5.97. The average Bonchev–Trinajstić information content (AvgIpc) is 2.74. The first-order valence-corrected chi connectivity index (χ1v) is 7.04. The fraction of sp³-hybridized carbons (Fsp3) is 0.733. The third-order valence-corrected chi connectivity index (χ3v) is 3.39. The highest BCUT2D eigenvalue weighted by Gasteiger charge is 2.15. The van der Waals surface area contributed by atoms with E-state index >= 15 is 0 Å². The number of unbranched alkanes of at least 4 members (excludes halogenated alkanes) is 2. The number of Topliss-reactive ketones (excluding diaryl/α,β-unsaturated/α-hetero) is 1. The normalized spacial score (nSPS) is 16.6. The predicted molar refractivity (Wildman–Crippen MR) is 71.2 cm³/mol. The van der Waals surface area contributed by atoms with E-state index in [1.165, 1.54) is 0 Å². The van der Waals surface area contributed by atoms with Crippen molar-refractivity contribution in [3.8, 4) is 0 Å². The number of allylic oxidation sites excluding steroid dienone is 2. The van der Waals surface area contributed by atoms with Gasteiger partial charge in [0.05, 0.1) is 12.5 Å². The van der Waals surface area contributed by atoms with Crippen LogP contribution in [0.3, 0.4) is 0 Å². The van der Waals surface area contributed by atoms with Gasteiger partial charge >= 0.3 is 5.97 Å². The van der Waals surface area contributed by atoms with E-state index < -0.39 is 0 Å². The van der Waals surface area contributed by atoms with Crippen molar-refractivity contribution in [3.63, 3.8) is 0 Å². The van der Waals surface area contributed by atoms with Gasteiger partial charge in [0.1, 0.15) is 0 Å². The lowest BCUT2D eigenvalue weighted by Crippen LogP contribution is -2.14. The molecular formula is C15H24O3. The average molecular weight is 252 g/mol. The highest BCUT2D eigenvalue weighted by Crippen LogP contribution is 2.20. The van der Waals surface area contributed by atoms with Gasteiger partial charge in [0.25, 0.3) is 0 Å². The number of ether oxygens (including phenoxy) is 1. The van der Waals surface area contributed by atoms with Crippen LogP contribution in [0.1, 0.15) is 58.8 Å². The van der Waals surface area contributed by atoms with Crippen LogP contribution < -0.4 is 0 Å². The third kappa shape index (κ3) is 5.03. The minimum atomic E-state index is -0.0915. The number of ketones is 1. The lowest BCUT2D eigenvalue weighted by Gasteiger charge is -2.09. The number of rotatable bonds is 8. The Bertz CT molecular complexity index is 318. The van der Waals surface area contributed by atoms with Crippen molar-refractivity contribution in [3.05, 3.63) is 11.6 Å². The molecule has 0 aromatic carbocycles. The van der Waals surface area contributed by atoms with Gasteiger partial charge in [-0.25, -0.2) is 0 Å². The second-order valence-electron chi connectivity index (χ2n) is 4.94. The maximum Gasteiger partial charge on any atom is 0.308 e. The summed E-state index contributed by atoms with van der Waals surface area (Å²) in [7, 11) is 0. The first kappa shape index (κ1) is 14.9. The van der Waals surface area contributed by atoms with Crippen LogP contribution >= 0.6 is 0 Å². The fourth-order valence-electron chi connectivity index (χ4n) is 2.24. The molecule has 0 N–H and O–H groups in total. The summed E-state index contributed by atoms with van der Waals surface area (Å²) in [4.78, 5) is 22.8. The highest BCUT2D eigenvalue weighted by atomic mass is 16.5. The van der Waals surface area contributed by atoms with Crippen molar-refractivity contribution in [2.45, 2.75) is 58.8 Å². The van der Waals surface area contributed by atoms with Crippen LogP contribution in [0.5, 0.6) is 0 Å². The van der Waals surface area contributed by atoms with E-state index in [1.807, 2.05) is 13.8 Å². The standard InChI is InChI=1S/C15H24O3/c1-3-18-15(17)12(2)8-5-4-6-9-13-10-7-11-14(13)16/h10,12H,3-9,11H2,1-2H3/t12-/m1/s1. The van der Waals surface area contributed by atoms with E-state index in [1.54, 1.807) is 0 Å². The second kappa shape index (κ2) is 8.06. The Balaban J connectivity index is 2.05. The van der Waals surface area contributed by atoms with Crippen LogP contribution in [0.15, 0.2) is 11.6 Å². The third-order valence-electron chi connectivity index (χ3n) is 3.39. The Labute approximate surface area is 110 Å². The van der Waals surface area contributed by atoms with Crippen molar-refractivity contribution in [1.82, 2.24) is 0 Å². The zero-order valence-electron chi connectivity index (χ0n) is 11.5.